The minimum Gasteiger partial charge on any atom is -0.395 e. The Hall–Kier alpha value is -3.48. The zero-order valence-corrected chi connectivity index (χ0v) is 20.4. The Morgan fingerprint density at radius 2 is 2.06 bits per heavy atom. The van der Waals surface area contributed by atoms with Crippen molar-refractivity contribution in [3.63, 3.8) is 0 Å². The van der Waals surface area contributed by atoms with Crippen molar-refractivity contribution in [2.45, 2.75) is 51.0 Å². The number of hydrogen-bond acceptors (Lipinski definition) is 8. The maximum atomic E-state index is 10.00. The number of anilines is 3. The summed E-state index contributed by atoms with van der Waals surface area (Å²) in [5.41, 5.74) is 4.41. The quantitative estimate of drug-likeness (QED) is 0.489. The van der Waals surface area contributed by atoms with Gasteiger partial charge in [-0.15, -0.1) is 0 Å². The summed E-state index contributed by atoms with van der Waals surface area (Å²) >= 11 is 0. The summed E-state index contributed by atoms with van der Waals surface area (Å²) in [6.07, 6.45) is 3.48. The third kappa shape index (κ3) is 4.35. The van der Waals surface area contributed by atoms with Crippen LogP contribution in [0.5, 0.6) is 0 Å². The van der Waals surface area contributed by atoms with Gasteiger partial charge in [0, 0.05) is 54.8 Å². The van der Waals surface area contributed by atoms with Gasteiger partial charge < -0.3 is 20.5 Å². The smallest absolute Gasteiger partial charge is 0.135 e. The molecule has 0 saturated carbocycles. The number of aromatic nitrogens is 4. The molecule has 1 aromatic carbocycles. The molecule has 5 rings (SSSR count). The van der Waals surface area contributed by atoms with Crippen molar-refractivity contribution in [2.75, 3.05) is 37.0 Å². The molecule has 1 saturated heterocycles. The van der Waals surface area contributed by atoms with Gasteiger partial charge in [0.05, 0.1) is 29.2 Å². The van der Waals surface area contributed by atoms with Crippen molar-refractivity contribution in [2.24, 2.45) is 0 Å². The molecule has 0 bridgehead atoms. The van der Waals surface area contributed by atoms with Crippen molar-refractivity contribution >= 4 is 17.3 Å². The highest BCUT2D eigenvalue weighted by molar-refractivity contribution is 5.77. The first-order chi connectivity index (χ1) is 16.9. The second kappa shape index (κ2) is 9.29. The molecule has 1 fully saturated rings. The van der Waals surface area contributed by atoms with Crippen LogP contribution in [0.3, 0.4) is 0 Å². The number of aliphatic hydroxyl groups excluding tert-OH is 1. The Bertz CT molecular complexity index is 1270. The average molecular weight is 474 g/mol. The molecule has 9 heteroatoms. The van der Waals surface area contributed by atoms with E-state index >= 15 is 0 Å². The maximum Gasteiger partial charge on any atom is 0.135 e. The lowest BCUT2D eigenvalue weighted by atomic mass is 9.83. The van der Waals surface area contributed by atoms with Gasteiger partial charge in [0.1, 0.15) is 24.0 Å². The number of aliphatic hydroxyl groups is 1. The maximum absolute atomic E-state index is 10.00. The Morgan fingerprint density at radius 1 is 1.26 bits per heavy atom. The molecule has 2 aromatic heterocycles. The Morgan fingerprint density at radius 3 is 2.77 bits per heavy atom. The van der Waals surface area contributed by atoms with Gasteiger partial charge >= 0.3 is 0 Å². The fourth-order valence-corrected chi connectivity index (χ4v) is 4.87. The molecule has 3 N–H and O–H groups in total. The molecule has 4 heterocycles. The molecule has 9 nitrogen and oxygen atoms in total. The van der Waals surface area contributed by atoms with Crippen LogP contribution >= 0.6 is 0 Å². The van der Waals surface area contributed by atoms with E-state index in [1.165, 1.54) is 6.33 Å². The summed E-state index contributed by atoms with van der Waals surface area (Å²) in [6, 6.07) is 10.3. The standard InChI is InChI=1S/C26H31N7O2/c1-16(2)33-24(11-22(32-33)17-4-6-35-7-5-17)31-23-10-21(29-15-30-23)18-8-19(12-27)25-20(9-18)26(3,14-34)13-28-25/h8-11,15-17,28,34H,4-7,13-14H2,1-3H3,(H,29,30,31)/t26-/m1/s1. The number of fused-ring (bicyclic) bond motifs is 1. The van der Waals surface area contributed by atoms with Crippen LogP contribution in [0, 0.1) is 11.3 Å². The number of rotatable bonds is 6. The fraction of sp³-hybridized carbons (Fsp3) is 0.462. The SMILES string of the molecule is CC(C)n1nc(C2CCOCC2)cc1Nc1cc(-c2cc(C#N)c3c(c2)[C@@](C)(CO)CN3)ncn1. The Kier molecular flexibility index (Phi) is 6.17. The van der Waals surface area contributed by atoms with E-state index in [1.54, 1.807) is 0 Å². The van der Waals surface area contributed by atoms with Gasteiger partial charge in [-0.25, -0.2) is 14.6 Å². The van der Waals surface area contributed by atoms with Crippen LogP contribution in [0.2, 0.25) is 0 Å². The van der Waals surface area contributed by atoms with E-state index in [2.05, 4.69) is 46.6 Å². The van der Waals surface area contributed by atoms with Crippen molar-refractivity contribution < 1.29 is 9.84 Å². The lowest BCUT2D eigenvalue weighted by Gasteiger charge is -2.21. The first kappa shape index (κ1) is 23.3. The highest BCUT2D eigenvalue weighted by Gasteiger charge is 2.36. The van der Waals surface area contributed by atoms with E-state index in [-0.39, 0.29) is 12.6 Å². The van der Waals surface area contributed by atoms with E-state index in [9.17, 15) is 10.4 Å². The van der Waals surface area contributed by atoms with Gasteiger partial charge in [-0.1, -0.05) is 6.92 Å². The first-order valence-corrected chi connectivity index (χ1v) is 12.1. The lowest BCUT2D eigenvalue weighted by Crippen LogP contribution is -2.28. The minimum absolute atomic E-state index is 0.00740. The molecule has 0 radical (unpaired) electrons. The van der Waals surface area contributed by atoms with Crippen molar-refractivity contribution in [3.8, 4) is 17.3 Å². The van der Waals surface area contributed by atoms with Crippen LogP contribution in [-0.2, 0) is 10.2 Å². The molecular weight excluding hydrogens is 442 g/mol. The van der Waals surface area contributed by atoms with E-state index in [0.29, 0.717) is 29.5 Å². The number of nitrogens with one attached hydrogen (secondary N) is 2. The van der Waals surface area contributed by atoms with Crippen LogP contribution in [0.4, 0.5) is 17.3 Å². The van der Waals surface area contributed by atoms with E-state index in [1.807, 2.05) is 29.8 Å². The zero-order chi connectivity index (χ0) is 24.6. The van der Waals surface area contributed by atoms with Crippen molar-refractivity contribution in [3.05, 3.63) is 47.4 Å². The van der Waals surface area contributed by atoms with Crippen LogP contribution in [0.1, 0.15) is 62.4 Å². The van der Waals surface area contributed by atoms with Crippen LogP contribution in [-0.4, -0.2) is 51.2 Å². The number of nitriles is 1. The zero-order valence-electron chi connectivity index (χ0n) is 20.4. The highest BCUT2D eigenvalue weighted by Crippen LogP contribution is 2.41. The third-order valence-corrected chi connectivity index (χ3v) is 7.02. The summed E-state index contributed by atoms with van der Waals surface area (Å²) < 4.78 is 7.51. The minimum atomic E-state index is -0.449. The molecule has 0 spiro atoms. The number of ether oxygens (including phenoxy) is 1. The average Bonchev–Trinajstić information content (AvgIpc) is 3.46. The molecule has 1 atom stereocenters. The van der Waals surface area contributed by atoms with Crippen LogP contribution < -0.4 is 10.6 Å². The number of hydrogen-bond donors (Lipinski definition) is 3. The van der Waals surface area contributed by atoms with E-state index in [0.717, 1.165) is 54.4 Å². The molecule has 35 heavy (non-hydrogen) atoms. The number of nitrogens with zero attached hydrogens (tertiary/aromatic N) is 5. The lowest BCUT2D eigenvalue weighted by molar-refractivity contribution is 0.0843. The van der Waals surface area contributed by atoms with Gasteiger partial charge in [-0.3, -0.25) is 0 Å². The second-order valence-electron chi connectivity index (χ2n) is 9.92. The number of benzene rings is 1. The summed E-state index contributed by atoms with van der Waals surface area (Å²) in [6.45, 7) is 8.33. The molecule has 2 aliphatic heterocycles. The van der Waals surface area contributed by atoms with E-state index in [4.69, 9.17) is 9.84 Å². The van der Waals surface area contributed by atoms with Gasteiger partial charge in [0.15, 0.2) is 0 Å². The topological polar surface area (TPSA) is 121 Å². The Labute approximate surface area is 205 Å². The summed E-state index contributed by atoms with van der Waals surface area (Å²) in [4.78, 5) is 8.92. The summed E-state index contributed by atoms with van der Waals surface area (Å²) in [7, 11) is 0. The van der Waals surface area contributed by atoms with E-state index < -0.39 is 5.41 Å². The largest absolute Gasteiger partial charge is 0.395 e. The predicted molar refractivity (Wildman–Crippen MR) is 134 cm³/mol. The highest BCUT2D eigenvalue weighted by atomic mass is 16.5. The van der Waals surface area contributed by atoms with Gasteiger partial charge in [-0.2, -0.15) is 10.4 Å². The molecule has 0 unspecified atom stereocenters. The first-order valence-electron chi connectivity index (χ1n) is 12.1. The monoisotopic (exact) mass is 473 g/mol. The summed E-state index contributed by atoms with van der Waals surface area (Å²) in [5, 5.41) is 31.3. The van der Waals surface area contributed by atoms with Crippen molar-refractivity contribution in [1.82, 2.24) is 19.7 Å². The summed E-state index contributed by atoms with van der Waals surface area (Å²) in [5.74, 6) is 1.93. The van der Waals surface area contributed by atoms with Gasteiger partial charge in [0.25, 0.3) is 0 Å². The molecule has 182 valence electrons. The van der Waals surface area contributed by atoms with Gasteiger partial charge in [0.2, 0.25) is 0 Å². The van der Waals surface area contributed by atoms with Crippen LogP contribution in [0.25, 0.3) is 11.3 Å². The van der Waals surface area contributed by atoms with Crippen molar-refractivity contribution in [1.29, 1.82) is 5.26 Å². The normalized spacial score (nSPS) is 19.9. The molecule has 2 aliphatic rings. The second-order valence-corrected chi connectivity index (χ2v) is 9.92. The molecule has 0 aliphatic carbocycles. The fourth-order valence-electron chi connectivity index (χ4n) is 4.87. The van der Waals surface area contributed by atoms with Crippen LogP contribution in [0.15, 0.2) is 30.6 Å². The molecular formula is C26H31N7O2. The molecule has 0 amide bonds. The predicted octanol–water partition coefficient (Wildman–Crippen LogP) is 4.11. The van der Waals surface area contributed by atoms with Gasteiger partial charge in [-0.05, 0) is 44.4 Å². The Balaban J connectivity index is 1.48. The molecule has 3 aromatic rings. The third-order valence-electron chi connectivity index (χ3n) is 7.02.